The fraction of sp³-hybridized carbons (Fsp3) is 0.471. The van der Waals surface area contributed by atoms with Crippen LogP contribution in [0.5, 0.6) is 0 Å². The summed E-state index contributed by atoms with van der Waals surface area (Å²) in [7, 11) is -2.12. The number of H-pyrrole nitrogens is 1. The first-order chi connectivity index (χ1) is 12.7. The van der Waals surface area contributed by atoms with Gasteiger partial charge in [-0.1, -0.05) is 6.07 Å². The van der Waals surface area contributed by atoms with Gasteiger partial charge in [-0.2, -0.15) is 9.40 Å². The Bertz CT molecular complexity index is 963. The minimum absolute atomic E-state index is 0.0956. The smallest absolute Gasteiger partial charge is 0.251 e. The summed E-state index contributed by atoms with van der Waals surface area (Å²) >= 11 is 5.14. The number of carbonyl (C=O) groups excluding carboxylic acids is 1. The molecule has 1 heterocycles. The molecular weight excluding hydrogens is 386 g/mol. The van der Waals surface area contributed by atoms with Gasteiger partial charge in [0.2, 0.25) is 10.0 Å². The van der Waals surface area contributed by atoms with E-state index in [9.17, 15) is 13.2 Å². The number of hydrogen-bond donors (Lipinski definition) is 2. The van der Waals surface area contributed by atoms with Crippen LogP contribution in [-0.4, -0.2) is 53.0 Å². The molecule has 10 heteroatoms. The van der Waals surface area contributed by atoms with Gasteiger partial charge >= 0.3 is 0 Å². The maximum atomic E-state index is 12.6. The zero-order chi connectivity index (χ0) is 20.2. The van der Waals surface area contributed by atoms with Crippen LogP contribution in [0.1, 0.15) is 37.0 Å². The second-order valence-corrected chi connectivity index (χ2v) is 8.72. The first-order valence-corrected chi connectivity index (χ1v) is 10.5. The van der Waals surface area contributed by atoms with Crippen molar-refractivity contribution >= 4 is 28.1 Å². The van der Waals surface area contributed by atoms with Crippen LogP contribution in [0.25, 0.3) is 0 Å². The largest absolute Gasteiger partial charge is 0.352 e. The van der Waals surface area contributed by atoms with E-state index in [-0.39, 0.29) is 16.8 Å². The van der Waals surface area contributed by atoms with E-state index in [1.807, 2.05) is 11.5 Å². The molecule has 0 fully saturated rings. The molecule has 0 unspecified atom stereocenters. The van der Waals surface area contributed by atoms with Crippen molar-refractivity contribution < 1.29 is 13.2 Å². The summed E-state index contributed by atoms with van der Waals surface area (Å²) in [6.45, 7) is 6.61. The molecule has 2 aromatic rings. The van der Waals surface area contributed by atoms with Crippen molar-refractivity contribution in [1.29, 1.82) is 0 Å². The van der Waals surface area contributed by atoms with Crippen LogP contribution in [0.4, 0.5) is 0 Å². The molecule has 0 spiro atoms. The van der Waals surface area contributed by atoms with Gasteiger partial charge < -0.3 is 9.88 Å². The van der Waals surface area contributed by atoms with E-state index in [0.29, 0.717) is 29.8 Å². The average Bonchev–Trinajstić information content (AvgIpc) is 3.00. The Balaban J connectivity index is 2.08. The summed E-state index contributed by atoms with van der Waals surface area (Å²) in [4.78, 5) is 12.5. The molecule has 0 aliphatic rings. The molecule has 1 aromatic heterocycles. The molecule has 0 atom stereocenters. The molecule has 0 aliphatic carbocycles. The van der Waals surface area contributed by atoms with Gasteiger partial charge in [0, 0.05) is 38.2 Å². The van der Waals surface area contributed by atoms with Gasteiger partial charge in [-0.25, -0.2) is 8.42 Å². The Morgan fingerprint density at radius 3 is 2.74 bits per heavy atom. The van der Waals surface area contributed by atoms with E-state index in [1.165, 1.54) is 23.5 Å². The fourth-order valence-corrected chi connectivity index (χ4v) is 4.19. The zero-order valence-corrected chi connectivity index (χ0v) is 17.5. The van der Waals surface area contributed by atoms with Crippen molar-refractivity contribution in [2.45, 2.75) is 44.7 Å². The second kappa shape index (κ2) is 8.77. The van der Waals surface area contributed by atoms with Gasteiger partial charge in [-0.05, 0) is 51.2 Å². The van der Waals surface area contributed by atoms with Crippen LogP contribution in [0, 0.1) is 4.77 Å². The fourth-order valence-electron chi connectivity index (χ4n) is 2.50. The Kier molecular flexibility index (Phi) is 6.90. The van der Waals surface area contributed by atoms with Crippen molar-refractivity contribution in [3.05, 3.63) is 40.4 Å². The topological polar surface area (TPSA) is 100 Å². The number of aromatic amines is 1. The predicted molar refractivity (Wildman–Crippen MR) is 106 cm³/mol. The molecule has 2 rings (SSSR count). The predicted octanol–water partition coefficient (Wildman–Crippen LogP) is 1.96. The van der Waals surface area contributed by atoms with Gasteiger partial charge in [0.1, 0.15) is 5.82 Å². The van der Waals surface area contributed by atoms with Crippen molar-refractivity contribution in [2.75, 3.05) is 13.6 Å². The minimum Gasteiger partial charge on any atom is -0.352 e. The lowest BCUT2D eigenvalue weighted by atomic mass is 10.2. The molecule has 0 aliphatic heterocycles. The highest BCUT2D eigenvalue weighted by Gasteiger charge is 2.23. The SMILES string of the molecule is CCn1c(CCNC(=O)c2cccc(S(=O)(=O)N(C)C(C)C)c2)n[nH]c1=S. The Morgan fingerprint density at radius 2 is 2.11 bits per heavy atom. The second-order valence-electron chi connectivity index (χ2n) is 6.34. The van der Waals surface area contributed by atoms with Gasteiger partial charge in [0.25, 0.3) is 5.91 Å². The first kappa shape index (κ1) is 21.3. The van der Waals surface area contributed by atoms with E-state index in [4.69, 9.17) is 12.2 Å². The van der Waals surface area contributed by atoms with E-state index in [1.54, 1.807) is 26.0 Å². The third-order valence-electron chi connectivity index (χ3n) is 4.29. The average molecular weight is 412 g/mol. The normalized spacial score (nSPS) is 11.9. The first-order valence-electron chi connectivity index (χ1n) is 8.68. The molecule has 0 bridgehead atoms. The van der Waals surface area contributed by atoms with Gasteiger partial charge in [-0.3, -0.25) is 9.89 Å². The molecule has 1 aromatic carbocycles. The molecule has 0 radical (unpaired) electrons. The quantitative estimate of drug-likeness (QED) is 0.647. The lowest BCUT2D eigenvalue weighted by Gasteiger charge is -2.21. The lowest BCUT2D eigenvalue weighted by molar-refractivity contribution is 0.0953. The number of nitrogens with zero attached hydrogens (tertiary/aromatic N) is 3. The monoisotopic (exact) mass is 411 g/mol. The summed E-state index contributed by atoms with van der Waals surface area (Å²) in [6, 6.07) is 5.86. The van der Waals surface area contributed by atoms with Crippen molar-refractivity contribution in [3.63, 3.8) is 0 Å². The molecule has 8 nitrogen and oxygen atoms in total. The molecular formula is C17H25N5O3S2. The number of amides is 1. The van der Waals surface area contributed by atoms with Crippen molar-refractivity contribution in [1.82, 2.24) is 24.4 Å². The lowest BCUT2D eigenvalue weighted by Crippen LogP contribution is -2.33. The van der Waals surface area contributed by atoms with E-state index >= 15 is 0 Å². The highest BCUT2D eigenvalue weighted by molar-refractivity contribution is 7.89. The van der Waals surface area contributed by atoms with Crippen LogP contribution in [0.15, 0.2) is 29.2 Å². The van der Waals surface area contributed by atoms with Crippen molar-refractivity contribution in [3.8, 4) is 0 Å². The molecule has 27 heavy (non-hydrogen) atoms. The summed E-state index contributed by atoms with van der Waals surface area (Å²) < 4.78 is 28.9. The standard InChI is InChI=1S/C17H25N5O3S2/c1-5-22-15(19-20-17(22)26)9-10-18-16(23)13-7-6-8-14(11-13)27(24,25)21(4)12(2)3/h6-8,11-12H,5,9-10H2,1-4H3,(H,18,23)(H,20,26). The third kappa shape index (κ3) is 4.82. The summed E-state index contributed by atoms with van der Waals surface area (Å²) in [5.74, 6) is 0.425. The van der Waals surface area contributed by atoms with E-state index in [0.717, 1.165) is 5.82 Å². The number of sulfonamides is 1. The zero-order valence-electron chi connectivity index (χ0n) is 15.9. The maximum Gasteiger partial charge on any atom is 0.251 e. The van der Waals surface area contributed by atoms with Crippen molar-refractivity contribution in [2.24, 2.45) is 0 Å². The number of rotatable bonds is 8. The number of hydrogen-bond acceptors (Lipinski definition) is 5. The van der Waals surface area contributed by atoms with E-state index < -0.39 is 10.0 Å². The van der Waals surface area contributed by atoms with Crippen LogP contribution in [-0.2, 0) is 23.0 Å². The third-order valence-corrected chi connectivity index (χ3v) is 6.63. The van der Waals surface area contributed by atoms with Crippen LogP contribution < -0.4 is 5.32 Å². The molecule has 2 N–H and O–H groups in total. The number of carbonyl (C=O) groups is 1. The molecule has 0 saturated carbocycles. The van der Waals surface area contributed by atoms with Crippen LogP contribution >= 0.6 is 12.2 Å². The number of benzene rings is 1. The Morgan fingerprint density at radius 1 is 1.41 bits per heavy atom. The number of nitrogens with one attached hydrogen (secondary N) is 2. The highest BCUT2D eigenvalue weighted by Crippen LogP contribution is 2.17. The molecule has 1 amide bonds. The van der Waals surface area contributed by atoms with E-state index in [2.05, 4.69) is 15.5 Å². The summed E-state index contributed by atoms with van der Waals surface area (Å²) in [5.41, 5.74) is 0.294. The molecule has 148 valence electrons. The van der Waals surface area contributed by atoms with Crippen LogP contribution in [0.3, 0.4) is 0 Å². The number of aromatic nitrogens is 3. The molecule has 0 saturated heterocycles. The van der Waals surface area contributed by atoms with Gasteiger partial charge in [0.05, 0.1) is 4.90 Å². The Hall–Kier alpha value is -2.04. The Labute approximate surface area is 164 Å². The minimum atomic E-state index is -3.64. The highest BCUT2D eigenvalue weighted by atomic mass is 32.2. The summed E-state index contributed by atoms with van der Waals surface area (Å²) in [6.07, 6.45) is 0.515. The van der Waals surface area contributed by atoms with Gasteiger partial charge in [0.15, 0.2) is 4.77 Å². The van der Waals surface area contributed by atoms with Crippen LogP contribution in [0.2, 0.25) is 0 Å². The maximum absolute atomic E-state index is 12.6. The van der Waals surface area contributed by atoms with Gasteiger partial charge in [-0.15, -0.1) is 0 Å². The summed E-state index contributed by atoms with van der Waals surface area (Å²) in [5, 5.41) is 9.67.